The molecule has 80 valence electrons. The molecule has 1 atom stereocenters. The number of ether oxygens (including phenoxy) is 1. The second-order valence-electron chi connectivity index (χ2n) is 3.30. The zero-order valence-corrected chi connectivity index (χ0v) is 8.55. The first-order valence-electron chi connectivity index (χ1n) is 4.49. The largest absolute Gasteiger partial charge is 0.369 e. The molecule has 1 aromatic rings. The Morgan fingerprint density at radius 1 is 1.53 bits per heavy atom. The van der Waals surface area contributed by atoms with E-state index < -0.39 is 11.9 Å². The molecule has 1 N–H and O–H groups in total. The number of hydrogen-bond donors (Lipinski definition) is 1. The van der Waals surface area contributed by atoms with Crippen molar-refractivity contribution in [3.05, 3.63) is 34.6 Å². The minimum atomic E-state index is -0.454. The number of halogens is 2. The van der Waals surface area contributed by atoms with Crippen molar-refractivity contribution in [2.45, 2.75) is 6.04 Å². The Kier molecular flexibility index (Phi) is 2.88. The molecule has 0 aliphatic carbocycles. The Morgan fingerprint density at radius 3 is 3.07 bits per heavy atom. The molecule has 1 fully saturated rings. The molecule has 1 unspecified atom stereocenters. The van der Waals surface area contributed by atoms with Gasteiger partial charge in [0.1, 0.15) is 12.4 Å². The molecule has 15 heavy (non-hydrogen) atoms. The average molecular weight is 230 g/mol. The molecule has 0 saturated carbocycles. The molecule has 0 aromatic heterocycles. The molecule has 1 heterocycles. The summed E-state index contributed by atoms with van der Waals surface area (Å²) in [5, 5.41) is 3.07. The van der Waals surface area contributed by atoms with Gasteiger partial charge in [-0.3, -0.25) is 4.79 Å². The maximum Gasteiger partial charge on any atom is 0.246 e. The highest BCUT2D eigenvalue weighted by Crippen LogP contribution is 2.22. The first kappa shape index (κ1) is 10.4. The van der Waals surface area contributed by atoms with Crippen LogP contribution in [0.2, 0.25) is 5.02 Å². The third-order valence-electron chi connectivity index (χ3n) is 2.19. The van der Waals surface area contributed by atoms with Crippen molar-refractivity contribution in [2.75, 3.05) is 13.2 Å². The van der Waals surface area contributed by atoms with Gasteiger partial charge in [0.2, 0.25) is 5.91 Å². The minimum absolute atomic E-state index is 0.0265. The van der Waals surface area contributed by atoms with Gasteiger partial charge in [-0.15, -0.1) is 0 Å². The second kappa shape index (κ2) is 4.16. The van der Waals surface area contributed by atoms with Crippen LogP contribution in [-0.4, -0.2) is 19.1 Å². The summed E-state index contributed by atoms with van der Waals surface area (Å²) in [5.74, 6) is -0.638. The van der Waals surface area contributed by atoms with Gasteiger partial charge in [0.15, 0.2) is 0 Å². The molecule has 3 nitrogen and oxygen atoms in total. The molecule has 1 aromatic carbocycles. The monoisotopic (exact) mass is 229 g/mol. The third-order valence-corrected chi connectivity index (χ3v) is 2.42. The van der Waals surface area contributed by atoms with Crippen molar-refractivity contribution in [1.29, 1.82) is 0 Å². The van der Waals surface area contributed by atoms with Crippen molar-refractivity contribution in [1.82, 2.24) is 5.32 Å². The SMILES string of the molecule is O=C1COCC(c2cc(Cl)ccc2F)N1. The summed E-state index contributed by atoms with van der Waals surface area (Å²) < 4.78 is 18.4. The van der Waals surface area contributed by atoms with Crippen LogP contribution in [0.1, 0.15) is 11.6 Å². The van der Waals surface area contributed by atoms with Crippen molar-refractivity contribution in [2.24, 2.45) is 0 Å². The van der Waals surface area contributed by atoms with E-state index in [4.69, 9.17) is 16.3 Å². The smallest absolute Gasteiger partial charge is 0.246 e. The van der Waals surface area contributed by atoms with Crippen LogP contribution in [0.15, 0.2) is 18.2 Å². The molecule has 1 aliphatic rings. The fourth-order valence-corrected chi connectivity index (χ4v) is 1.68. The molecule has 0 bridgehead atoms. The topological polar surface area (TPSA) is 38.3 Å². The van der Waals surface area contributed by atoms with Gasteiger partial charge in [-0.25, -0.2) is 4.39 Å². The van der Waals surface area contributed by atoms with Gasteiger partial charge in [0.05, 0.1) is 12.6 Å². The van der Waals surface area contributed by atoms with Gasteiger partial charge >= 0.3 is 0 Å². The van der Waals surface area contributed by atoms with Crippen molar-refractivity contribution in [3.8, 4) is 0 Å². The molecule has 5 heteroatoms. The first-order valence-corrected chi connectivity index (χ1v) is 4.86. The highest BCUT2D eigenvalue weighted by Gasteiger charge is 2.22. The first-order chi connectivity index (χ1) is 7.16. The Morgan fingerprint density at radius 2 is 2.33 bits per heavy atom. The summed E-state index contributed by atoms with van der Waals surface area (Å²) in [6.07, 6.45) is 0. The van der Waals surface area contributed by atoms with Crippen molar-refractivity contribution >= 4 is 17.5 Å². The Labute approximate surface area is 91.2 Å². The fourth-order valence-electron chi connectivity index (χ4n) is 1.50. The summed E-state index contributed by atoms with van der Waals surface area (Å²) in [5.41, 5.74) is 0.357. The Bertz CT molecular complexity index is 397. The number of carbonyl (C=O) groups is 1. The second-order valence-corrected chi connectivity index (χ2v) is 3.74. The molecule has 1 aliphatic heterocycles. The maximum absolute atomic E-state index is 13.4. The Hall–Kier alpha value is -1.13. The van der Waals surface area contributed by atoms with Gasteiger partial charge in [-0.1, -0.05) is 11.6 Å². The summed E-state index contributed by atoms with van der Waals surface area (Å²) in [6, 6.07) is 3.78. The van der Waals surface area contributed by atoms with Crippen molar-refractivity contribution < 1.29 is 13.9 Å². The lowest BCUT2D eigenvalue weighted by molar-refractivity contribution is -0.131. The summed E-state index contributed by atoms with van der Waals surface area (Å²) in [4.78, 5) is 11.1. The van der Waals surface area contributed by atoms with E-state index in [1.165, 1.54) is 18.2 Å². The highest BCUT2D eigenvalue weighted by atomic mass is 35.5. The van der Waals surface area contributed by atoms with Crippen LogP contribution in [0, 0.1) is 5.82 Å². The van der Waals surface area contributed by atoms with Gasteiger partial charge in [0, 0.05) is 10.6 Å². The summed E-state index contributed by atoms with van der Waals surface area (Å²) in [6.45, 7) is 0.293. The number of morpholine rings is 1. The maximum atomic E-state index is 13.4. The fraction of sp³-hybridized carbons (Fsp3) is 0.300. The van der Waals surface area contributed by atoms with Crippen LogP contribution >= 0.6 is 11.6 Å². The summed E-state index contributed by atoms with van der Waals surface area (Å²) in [7, 11) is 0. The molecule has 0 spiro atoms. The lowest BCUT2D eigenvalue weighted by Gasteiger charge is -2.24. The number of hydrogen-bond acceptors (Lipinski definition) is 2. The predicted octanol–water partition coefficient (Wildman–Crippen LogP) is 1.67. The van der Waals surface area contributed by atoms with Crippen LogP contribution < -0.4 is 5.32 Å². The van der Waals surface area contributed by atoms with E-state index >= 15 is 0 Å². The molecular formula is C10H9ClFNO2. The number of benzene rings is 1. The third kappa shape index (κ3) is 2.27. The number of amides is 1. The predicted molar refractivity (Wildman–Crippen MR) is 53.1 cm³/mol. The lowest BCUT2D eigenvalue weighted by Crippen LogP contribution is -2.40. The number of rotatable bonds is 1. The van der Waals surface area contributed by atoms with Crippen LogP contribution in [0.4, 0.5) is 4.39 Å². The Balaban J connectivity index is 2.27. The normalized spacial score (nSPS) is 21.2. The molecule has 1 saturated heterocycles. The molecule has 0 radical (unpaired) electrons. The van der Waals surface area contributed by atoms with Gasteiger partial charge in [-0.05, 0) is 18.2 Å². The molecule has 1 amide bonds. The number of nitrogens with one attached hydrogen (secondary N) is 1. The highest BCUT2D eigenvalue weighted by molar-refractivity contribution is 6.30. The summed E-state index contributed by atoms with van der Waals surface area (Å²) >= 11 is 5.75. The standard InChI is InChI=1S/C10H9ClFNO2/c11-6-1-2-8(12)7(3-6)9-4-15-5-10(14)13-9/h1-3,9H,4-5H2,(H,13,14). The van der Waals surface area contributed by atoms with Crippen LogP contribution in [0.3, 0.4) is 0 Å². The van der Waals surface area contributed by atoms with Crippen LogP contribution in [0.25, 0.3) is 0 Å². The zero-order valence-electron chi connectivity index (χ0n) is 7.80. The van der Waals surface area contributed by atoms with Crippen LogP contribution in [0.5, 0.6) is 0 Å². The van der Waals surface area contributed by atoms with E-state index in [1.54, 1.807) is 0 Å². The van der Waals surface area contributed by atoms with Crippen molar-refractivity contribution in [3.63, 3.8) is 0 Å². The van der Waals surface area contributed by atoms with E-state index in [9.17, 15) is 9.18 Å². The van der Waals surface area contributed by atoms with Gasteiger partial charge < -0.3 is 10.1 Å². The lowest BCUT2D eigenvalue weighted by atomic mass is 10.1. The van der Waals surface area contributed by atoms with E-state index in [0.717, 1.165) is 0 Å². The van der Waals surface area contributed by atoms with E-state index in [-0.39, 0.29) is 19.1 Å². The van der Waals surface area contributed by atoms with E-state index in [1.807, 2.05) is 0 Å². The van der Waals surface area contributed by atoms with Crippen LogP contribution in [-0.2, 0) is 9.53 Å². The number of carbonyl (C=O) groups excluding carboxylic acids is 1. The molecular weight excluding hydrogens is 221 g/mol. The van der Waals surface area contributed by atoms with Gasteiger partial charge in [0.25, 0.3) is 0 Å². The van der Waals surface area contributed by atoms with E-state index in [0.29, 0.717) is 10.6 Å². The average Bonchev–Trinajstić information content (AvgIpc) is 2.22. The zero-order chi connectivity index (χ0) is 10.8. The van der Waals surface area contributed by atoms with Gasteiger partial charge in [-0.2, -0.15) is 0 Å². The molecule has 2 rings (SSSR count). The quantitative estimate of drug-likeness (QED) is 0.796. The van der Waals surface area contributed by atoms with E-state index in [2.05, 4.69) is 5.32 Å². The minimum Gasteiger partial charge on any atom is -0.369 e.